The summed E-state index contributed by atoms with van der Waals surface area (Å²) in [5, 5.41) is 3.45. The van der Waals surface area contributed by atoms with Gasteiger partial charge >= 0.3 is 5.97 Å². The van der Waals surface area contributed by atoms with Crippen molar-refractivity contribution in [3.05, 3.63) is 23.4 Å². The summed E-state index contributed by atoms with van der Waals surface area (Å²) in [4.78, 5) is 16.4. The number of ether oxygens (including phenoxy) is 2. The van der Waals surface area contributed by atoms with Crippen LogP contribution in [0.3, 0.4) is 0 Å². The summed E-state index contributed by atoms with van der Waals surface area (Å²) >= 11 is 0. The van der Waals surface area contributed by atoms with Gasteiger partial charge in [-0.15, -0.1) is 0 Å². The van der Waals surface area contributed by atoms with Gasteiger partial charge in [-0.25, -0.2) is 4.98 Å². The van der Waals surface area contributed by atoms with Crippen LogP contribution in [-0.4, -0.2) is 36.3 Å². The Kier molecular flexibility index (Phi) is 6.40. The number of nitrogens with zero attached hydrogens (tertiary/aromatic N) is 1. The van der Waals surface area contributed by atoms with Crippen LogP contribution in [0.4, 0.5) is 0 Å². The monoisotopic (exact) mass is 374 g/mol. The molecule has 0 spiro atoms. The topological polar surface area (TPSA) is 60.5 Å². The summed E-state index contributed by atoms with van der Waals surface area (Å²) in [6, 6.07) is 1.97. The molecule has 27 heavy (non-hydrogen) atoms. The fourth-order valence-corrected chi connectivity index (χ4v) is 4.17. The van der Waals surface area contributed by atoms with Gasteiger partial charge in [-0.2, -0.15) is 0 Å². The van der Waals surface area contributed by atoms with Gasteiger partial charge in [-0.05, 0) is 95.9 Å². The Morgan fingerprint density at radius 2 is 2.04 bits per heavy atom. The second-order valence-corrected chi connectivity index (χ2v) is 9.11. The highest BCUT2D eigenvalue weighted by Gasteiger charge is 2.42. The summed E-state index contributed by atoms with van der Waals surface area (Å²) in [6.07, 6.45) is 7.13. The third-order valence-electron chi connectivity index (χ3n) is 5.55. The normalized spacial score (nSPS) is 23.1. The van der Waals surface area contributed by atoms with Gasteiger partial charge in [0.1, 0.15) is 5.60 Å². The maximum absolute atomic E-state index is 12.0. The minimum atomic E-state index is -0.461. The number of carbonyl (C=O) groups is 1. The Hall–Kier alpha value is -1.62. The van der Waals surface area contributed by atoms with Gasteiger partial charge < -0.3 is 14.8 Å². The maximum atomic E-state index is 12.0. The predicted molar refractivity (Wildman–Crippen MR) is 106 cm³/mol. The van der Waals surface area contributed by atoms with E-state index in [0.29, 0.717) is 5.88 Å². The average molecular weight is 375 g/mol. The van der Waals surface area contributed by atoms with Crippen molar-refractivity contribution in [3.8, 4) is 5.88 Å². The minimum absolute atomic E-state index is 0.227. The molecule has 1 saturated heterocycles. The Morgan fingerprint density at radius 1 is 1.30 bits per heavy atom. The van der Waals surface area contributed by atoms with Crippen LogP contribution < -0.4 is 10.1 Å². The molecule has 0 unspecified atom stereocenters. The van der Waals surface area contributed by atoms with Crippen LogP contribution in [-0.2, 0) is 16.0 Å². The van der Waals surface area contributed by atoms with Crippen LogP contribution >= 0.6 is 0 Å². The Morgan fingerprint density at radius 3 is 2.70 bits per heavy atom. The molecular weight excluding hydrogens is 340 g/mol. The van der Waals surface area contributed by atoms with Crippen molar-refractivity contribution in [1.82, 2.24) is 10.3 Å². The molecule has 1 aliphatic heterocycles. The van der Waals surface area contributed by atoms with Gasteiger partial charge in [0.15, 0.2) is 0 Å². The third kappa shape index (κ3) is 6.20. The zero-order valence-electron chi connectivity index (χ0n) is 17.2. The lowest BCUT2D eigenvalue weighted by atomic mass is 9.91. The van der Waals surface area contributed by atoms with Gasteiger partial charge in [-0.3, -0.25) is 4.79 Å². The Labute approximate surface area is 163 Å². The quantitative estimate of drug-likeness (QED) is 0.738. The second-order valence-electron chi connectivity index (χ2n) is 9.11. The van der Waals surface area contributed by atoms with E-state index in [4.69, 9.17) is 9.47 Å². The minimum Gasteiger partial charge on any atom is -0.477 e. The molecule has 0 aromatic carbocycles. The lowest BCUT2D eigenvalue weighted by Gasteiger charge is -2.22. The molecule has 1 saturated carbocycles. The van der Waals surface area contributed by atoms with Crippen LogP contribution in [0.1, 0.15) is 57.6 Å². The van der Waals surface area contributed by atoms with E-state index in [-0.39, 0.29) is 12.4 Å². The number of hydrogen-bond donors (Lipinski definition) is 1. The van der Waals surface area contributed by atoms with Gasteiger partial charge in [-0.1, -0.05) is 0 Å². The van der Waals surface area contributed by atoms with Crippen molar-refractivity contribution >= 4 is 5.97 Å². The summed E-state index contributed by atoms with van der Waals surface area (Å²) in [5.41, 5.74) is 1.38. The van der Waals surface area contributed by atoms with Crippen molar-refractivity contribution in [2.24, 2.45) is 17.8 Å². The first-order chi connectivity index (χ1) is 12.8. The zero-order chi connectivity index (χ0) is 19.4. The number of aryl methyl sites for hydroxylation is 1. The largest absolute Gasteiger partial charge is 0.477 e. The van der Waals surface area contributed by atoms with Gasteiger partial charge in [0.05, 0.1) is 13.0 Å². The highest BCUT2D eigenvalue weighted by molar-refractivity contribution is 5.73. The molecule has 1 N–H and O–H groups in total. The van der Waals surface area contributed by atoms with Crippen LogP contribution in [0.25, 0.3) is 0 Å². The van der Waals surface area contributed by atoms with Crippen LogP contribution in [0.5, 0.6) is 5.88 Å². The molecule has 1 aromatic rings. The van der Waals surface area contributed by atoms with E-state index in [0.717, 1.165) is 41.9 Å². The molecule has 2 aliphatic rings. The lowest BCUT2D eigenvalue weighted by molar-refractivity contribution is -0.153. The third-order valence-corrected chi connectivity index (χ3v) is 5.55. The first-order valence-electron chi connectivity index (χ1n) is 10.3. The van der Waals surface area contributed by atoms with E-state index in [2.05, 4.69) is 10.3 Å². The van der Waals surface area contributed by atoms with Crippen molar-refractivity contribution in [3.63, 3.8) is 0 Å². The molecule has 0 amide bonds. The number of aromatic nitrogens is 1. The molecule has 2 atom stereocenters. The molecular formula is C22H34N2O3. The van der Waals surface area contributed by atoms with Gasteiger partial charge in [0.2, 0.25) is 5.88 Å². The van der Waals surface area contributed by atoms with Crippen molar-refractivity contribution < 1.29 is 14.3 Å². The number of carbonyl (C=O) groups excluding carboxylic acids is 1. The van der Waals surface area contributed by atoms with E-state index >= 15 is 0 Å². The Balaban J connectivity index is 1.41. The number of nitrogens with one attached hydrogen (secondary N) is 1. The fraction of sp³-hybridized carbons (Fsp3) is 0.727. The first-order valence-corrected chi connectivity index (χ1v) is 10.3. The van der Waals surface area contributed by atoms with Crippen LogP contribution in [0.2, 0.25) is 0 Å². The van der Waals surface area contributed by atoms with Crippen LogP contribution in [0, 0.1) is 24.7 Å². The molecule has 3 rings (SSSR count). The van der Waals surface area contributed by atoms with E-state index in [1.165, 1.54) is 32.4 Å². The summed E-state index contributed by atoms with van der Waals surface area (Å²) in [6.45, 7) is 10.7. The van der Waals surface area contributed by atoms with Crippen molar-refractivity contribution in [2.75, 3.05) is 19.7 Å². The summed E-state index contributed by atoms with van der Waals surface area (Å²) in [7, 11) is 0. The lowest BCUT2D eigenvalue weighted by Crippen LogP contribution is -2.29. The molecule has 2 fully saturated rings. The fourth-order valence-electron chi connectivity index (χ4n) is 4.17. The standard InChI is InChI=1S/C22H34N2O3/c1-15-11-16(12-20(25)27-22(2,3)4)14-24-21(15)26-10-7-18-13-19(18)17-5-8-23-9-6-17/h11,14,17-19,23H,5-10,12-13H2,1-4H3/t18-,19-/m1/s1. The van der Waals surface area contributed by atoms with Gasteiger partial charge in [0.25, 0.3) is 0 Å². The molecule has 0 bridgehead atoms. The highest BCUT2D eigenvalue weighted by atomic mass is 16.6. The Bertz CT molecular complexity index is 647. The molecule has 5 nitrogen and oxygen atoms in total. The molecule has 1 aromatic heterocycles. The summed E-state index contributed by atoms with van der Waals surface area (Å²) < 4.78 is 11.3. The molecule has 0 radical (unpaired) electrons. The highest BCUT2D eigenvalue weighted by Crippen LogP contribution is 2.49. The van der Waals surface area contributed by atoms with E-state index in [1.807, 2.05) is 33.8 Å². The number of piperidine rings is 1. The van der Waals surface area contributed by atoms with E-state index in [1.54, 1.807) is 6.20 Å². The number of pyridine rings is 1. The smallest absolute Gasteiger partial charge is 0.310 e. The average Bonchev–Trinajstić information content (AvgIpc) is 3.35. The molecule has 2 heterocycles. The maximum Gasteiger partial charge on any atom is 0.310 e. The van der Waals surface area contributed by atoms with E-state index in [9.17, 15) is 4.79 Å². The number of hydrogen-bond acceptors (Lipinski definition) is 5. The zero-order valence-corrected chi connectivity index (χ0v) is 17.2. The predicted octanol–water partition coefficient (Wildman–Crippen LogP) is 3.68. The molecule has 5 heteroatoms. The van der Waals surface area contributed by atoms with Crippen molar-refractivity contribution in [1.29, 1.82) is 0 Å². The number of rotatable bonds is 7. The van der Waals surface area contributed by atoms with Crippen LogP contribution in [0.15, 0.2) is 12.3 Å². The first kappa shape index (κ1) is 20.1. The number of esters is 1. The van der Waals surface area contributed by atoms with E-state index < -0.39 is 5.60 Å². The van der Waals surface area contributed by atoms with Gasteiger partial charge in [0, 0.05) is 11.8 Å². The second kappa shape index (κ2) is 8.59. The molecule has 150 valence electrons. The van der Waals surface area contributed by atoms with Crippen molar-refractivity contribution in [2.45, 2.75) is 65.4 Å². The molecule has 1 aliphatic carbocycles. The SMILES string of the molecule is Cc1cc(CC(=O)OC(C)(C)C)cnc1OCC[C@@H]1C[C@@H]1C1CCNCC1. The summed E-state index contributed by atoms with van der Waals surface area (Å²) in [5.74, 6) is 3.13.